The molecule has 1 rings (SSSR count). The molecule has 1 atom stereocenters. The lowest BCUT2D eigenvalue weighted by Gasteiger charge is -2.09. The third kappa shape index (κ3) is 1.85. The topological polar surface area (TPSA) is 68.2 Å². The molecule has 4 nitrogen and oxygen atoms in total. The Morgan fingerprint density at radius 2 is 2.50 bits per heavy atom. The first-order valence-electron chi connectivity index (χ1n) is 3.70. The average Bonchev–Trinajstić information content (AvgIpc) is 2.33. The summed E-state index contributed by atoms with van der Waals surface area (Å²) >= 11 is 0. The molecular weight excluding hydrogens is 156 g/mol. The third-order valence-electron chi connectivity index (χ3n) is 1.76. The van der Waals surface area contributed by atoms with Crippen LogP contribution >= 0.6 is 0 Å². The molecule has 0 unspecified atom stereocenters. The Hall–Kier alpha value is -1.29. The zero-order valence-corrected chi connectivity index (χ0v) is 6.90. The molecule has 0 aliphatic heterocycles. The predicted octanol–water partition coefficient (Wildman–Crippen LogP) is 0.500. The summed E-state index contributed by atoms with van der Waals surface area (Å²) < 4.78 is 1.83. The van der Waals surface area contributed by atoms with E-state index in [1.165, 1.54) is 0 Å². The third-order valence-corrected chi connectivity index (χ3v) is 1.76. The summed E-state index contributed by atoms with van der Waals surface area (Å²) in [6.45, 7) is 0. The molecule has 0 radical (unpaired) electrons. The number of nitrogens with two attached hydrogens (primary N) is 1. The van der Waals surface area contributed by atoms with Gasteiger partial charge in [0.25, 0.3) is 0 Å². The van der Waals surface area contributed by atoms with Crippen LogP contribution in [0.25, 0.3) is 0 Å². The molecular formula is C8H12N2O2. The molecule has 1 aromatic heterocycles. The molecule has 0 saturated carbocycles. The molecule has 0 saturated heterocycles. The van der Waals surface area contributed by atoms with Crippen LogP contribution in [-0.2, 0) is 11.8 Å². The van der Waals surface area contributed by atoms with Crippen molar-refractivity contribution >= 4 is 5.97 Å². The lowest BCUT2D eigenvalue weighted by molar-refractivity contribution is -0.137. The maximum atomic E-state index is 10.3. The van der Waals surface area contributed by atoms with E-state index < -0.39 is 12.0 Å². The van der Waals surface area contributed by atoms with E-state index >= 15 is 0 Å². The first-order valence-corrected chi connectivity index (χ1v) is 3.70. The van der Waals surface area contributed by atoms with Crippen LogP contribution in [0.5, 0.6) is 0 Å². The fourth-order valence-corrected chi connectivity index (χ4v) is 1.15. The number of carbonyl (C=O) groups is 1. The Labute approximate surface area is 70.6 Å². The summed E-state index contributed by atoms with van der Waals surface area (Å²) in [6, 6.07) is 3.26. The van der Waals surface area contributed by atoms with Crippen molar-refractivity contribution in [1.82, 2.24) is 4.57 Å². The molecule has 1 aromatic rings. The van der Waals surface area contributed by atoms with E-state index in [0.717, 1.165) is 5.69 Å². The minimum atomic E-state index is -0.872. The molecule has 4 heteroatoms. The van der Waals surface area contributed by atoms with E-state index in [1.807, 2.05) is 29.9 Å². The van der Waals surface area contributed by atoms with Gasteiger partial charge < -0.3 is 15.4 Å². The van der Waals surface area contributed by atoms with E-state index in [1.54, 1.807) is 0 Å². The number of carboxylic acid groups (broad SMARTS) is 1. The van der Waals surface area contributed by atoms with Crippen molar-refractivity contribution in [2.24, 2.45) is 12.8 Å². The van der Waals surface area contributed by atoms with Crippen LogP contribution in [0.2, 0.25) is 0 Å². The zero-order chi connectivity index (χ0) is 9.14. The van der Waals surface area contributed by atoms with Crippen molar-refractivity contribution in [3.63, 3.8) is 0 Å². The Balaban J connectivity index is 2.71. The first-order chi connectivity index (χ1) is 5.61. The highest BCUT2D eigenvalue weighted by Crippen LogP contribution is 2.13. The van der Waals surface area contributed by atoms with Gasteiger partial charge in [-0.15, -0.1) is 0 Å². The number of aliphatic carboxylic acids is 1. The predicted molar refractivity (Wildman–Crippen MR) is 44.6 cm³/mol. The Morgan fingerprint density at radius 3 is 2.92 bits per heavy atom. The van der Waals surface area contributed by atoms with Gasteiger partial charge in [-0.25, -0.2) is 0 Å². The second-order valence-electron chi connectivity index (χ2n) is 2.75. The van der Waals surface area contributed by atoms with E-state index in [9.17, 15) is 4.79 Å². The van der Waals surface area contributed by atoms with Gasteiger partial charge in [-0.3, -0.25) is 4.79 Å². The van der Waals surface area contributed by atoms with Gasteiger partial charge in [0.05, 0.1) is 12.5 Å². The van der Waals surface area contributed by atoms with Gasteiger partial charge in [0.15, 0.2) is 0 Å². The van der Waals surface area contributed by atoms with Crippen LogP contribution in [0.4, 0.5) is 0 Å². The molecule has 0 fully saturated rings. The highest BCUT2D eigenvalue weighted by Gasteiger charge is 2.12. The van der Waals surface area contributed by atoms with E-state index in [2.05, 4.69) is 0 Å². The molecule has 0 bridgehead atoms. The van der Waals surface area contributed by atoms with Crippen LogP contribution in [0, 0.1) is 0 Å². The molecule has 3 N–H and O–H groups in total. The van der Waals surface area contributed by atoms with Gasteiger partial charge in [-0.05, 0) is 12.1 Å². The number of carboxylic acids is 1. The maximum absolute atomic E-state index is 10.3. The maximum Gasteiger partial charge on any atom is 0.305 e. The molecule has 0 amide bonds. The van der Waals surface area contributed by atoms with Crippen LogP contribution in [0.1, 0.15) is 18.2 Å². The minimum absolute atomic E-state index is 0.0299. The van der Waals surface area contributed by atoms with Gasteiger partial charge in [0.2, 0.25) is 0 Å². The Morgan fingerprint density at radius 1 is 1.83 bits per heavy atom. The normalized spacial score (nSPS) is 12.8. The molecule has 0 aromatic carbocycles. The van der Waals surface area contributed by atoms with Crippen LogP contribution in [0.15, 0.2) is 18.3 Å². The second-order valence-corrected chi connectivity index (χ2v) is 2.75. The second kappa shape index (κ2) is 3.40. The van der Waals surface area contributed by atoms with Gasteiger partial charge in [-0.2, -0.15) is 0 Å². The summed E-state index contributed by atoms with van der Waals surface area (Å²) in [4.78, 5) is 10.3. The fraction of sp³-hybridized carbons (Fsp3) is 0.375. The molecule has 1 heterocycles. The SMILES string of the molecule is Cn1cccc1[C@@H](N)CC(=O)O. The number of nitrogens with zero attached hydrogens (tertiary/aromatic N) is 1. The molecule has 0 aliphatic rings. The molecule has 0 spiro atoms. The number of aromatic nitrogens is 1. The molecule has 0 aliphatic carbocycles. The smallest absolute Gasteiger partial charge is 0.305 e. The number of hydrogen-bond acceptors (Lipinski definition) is 2. The van der Waals surface area contributed by atoms with Crippen molar-refractivity contribution in [3.8, 4) is 0 Å². The highest BCUT2D eigenvalue weighted by atomic mass is 16.4. The lowest BCUT2D eigenvalue weighted by Crippen LogP contribution is -2.17. The number of hydrogen-bond donors (Lipinski definition) is 2. The average molecular weight is 168 g/mol. The van der Waals surface area contributed by atoms with Gasteiger partial charge >= 0.3 is 5.97 Å². The first kappa shape index (κ1) is 8.80. The van der Waals surface area contributed by atoms with E-state index in [4.69, 9.17) is 10.8 Å². The summed E-state index contributed by atoms with van der Waals surface area (Å²) in [5.41, 5.74) is 6.48. The quantitative estimate of drug-likeness (QED) is 0.690. The molecule has 66 valence electrons. The van der Waals surface area contributed by atoms with Crippen LogP contribution in [0.3, 0.4) is 0 Å². The fourth-order valence-electron chi connectivity index (χ4n) is 1.15. The lowest BCUT2D eigenvalue weighted by atomic mass is 10.1. The van der Waals surface area contributed by atoms with E-state index in [0.29, 0.717) is 0 Å². The zero-order valence-electron chi connectivity index (χ0n) is 6.90. The van der Waals surface area contributed by atoms with Gasteiger partial charge in [-0.1, -0.05) is 0 Å². The number of aryl methyl sites for hydroxylation is 1. The van der Waals surface area contributed by atoms with Gasteiger partial charge in [0.1, 0.15) is 0 Å². The van der Waals surface area contributed by atoms with Crippen LogP contribution < -0.4 is 5.73 Å². The molecule has 12 heavy (non-hydrogen) atoms. The van der Waals surface area contributed by atoms with E-state index in [-0.39, 0.29) is 6.42 Å². The van der Waals surface area contributed by atoms with Crippen molar-refractivity contribution in [1.29, 1.82) is 0 Å². The number of rotatable bonds is 3. The van der Waals surface area contributed by atoms with Crippen molar-refractivity contribution in [3.05, 3.63) is 24.0 Å². The van der Waals surface area contributed by atoms with Crippen molar-refractivity contribution < 1.29 is 9.90 Å². The monoisotopic (exact) mass is 168 g/mol. The summed E-state index contributed by atoms with van der Waals surface area (Å²) in [6.07, 6.45) is 1.81. The summed E-state index contributed by atoms with van der Waals surface area (Å²) in [7, 11) is 1.84. The Kier molecular flexibility index (Phi) is 2.50. The van der Waals surface area contributed by atoms with Crippen LogP contribution in [-0.4, -0.2) is 15.6 Å². The summed E-state index contributed by atoms with van der Waals surface area (Å²) in [5, 5.41) is 8.48. The minimum Gasteiger partial charge on any atom is -0.481 e. The van der Waals surface area contributed by atoms with Crippen molar-refractivity contribution in [2.45, 2.75) is 12.5 Å². The highest BCUT2D eigenvalue weighted by molar-refractivity contribution is 5.67. The van der Waals surface area contributed by atoms with Crippen molar-refractivity contribution in [2.75, 3.05) is 0 Å². The van der Waals surface area contributed by atoms with Gasteiger partial charge in [0, 0.05) is 18.9 Å². The summed E-state index contributed by atoms with van der Waals surface area (Å²) in [5.74, 6) is -0.872. The standard InChI is InChI=1S/C8H12N2O2/c1-10-4-2-3-7(10)6(9)5-8(11)12/h2-4,6H,5,9H2,1H3,(H,11,12)/t6-/m0/s1. The Bertz CT molecular complexity index is 280. The largest absolute Gasteiger partial charge is 0.481 e.